The third-order valence-electron chi connectivity index (χ3n) is 2.59. The summed E-state index contributed by atoms with van der Waals surface area (Å²) in [7, 11) is 0. The lowest BCUT2D eigenvalue weighted by atomic mass is 10.0. The third kappa shape index (κ3) is 2.14. The Morgan fingerprint density at radius 1 is 1.53 bits per heavy atom. The maximum atomic E-state index is 13.6. The Morgan fingerprint density at radius 2 is 2.33 bits per heavy atom. The SMILES string of the molecule is Cc1ccc(F)c([C@H]2COCCN2)c1Cl. The van der Waals surface area contributed by atoms with E-state index in [1.807, 2.05) is 6.92 Å². The van der Waals surface area contributed by atoms with Crippen molar-refractivity contribution in [2.45, 2.75) is 13.0 Å². The number of aryl methyl sites for hydroxylation is 1. The number of halogens is 2. The highest BCUT2D eigenvalue weighted by Crippen LogP contribution is 2.29. The number of morpholine rings is 1. The lowest BCUT2D eigenvalue weighted by Crippen LogP contribution is -2.35. The van der Waals surface area contributed by atoms with Crippen molar-refractivity contribution < 1.29 is 9.13 Å². The summed E-state index contributed by atoms with van der Waals surface area (Å²) in [6.07, 6.45) is 0. The molecule has 0 radical (unpaired) electrons. The van der Waals surface area contributed by atoms with Crippen molar-refractivity contribution in [3.63, 3.8) is 0 Å². The van der Waals surface area contributed by atoms with Gasteiger partial charge in [-0.25, -0.2) is 4.39 Å². The van der Waals surface area contributed by atoms with Crippen molar-refractivity contribution in [1.29, 1.82) is 0 Å². The summed E-state index contributed by atoms with van der Waals surface area (Å²) < 4.78 is 18.9. The fourth-order valence-corrected chi connectivity index (χ4v) is 2.03. The van der Waals surface area contributed by atoms with Gasteiger partial charge in [-0.3, -0.25) is 0 Å². The van der Waals surface area contributed by atoms with E-state index < -0.39 is 0 Å². The van der Waals surface area contributed by atoms with Crippen LogP contribution in [0.3, 0.4) is 0 Å². The molecule has 1 saturated heterocycles. The molecular weight excluding hydrogens is 217 g/mol. The first-order valence-corrected chi connectivity index (χ1v) is 5.33. The van der Waals surface area contributed by atoms with Gasteiger partial charge in [-0.15, -0.1) is 0 Å². The predicted octanol–water partition coefficient (Wildman–Crippen LogP) is 2.45. The molecule has 0 spiro atoms. The van der Waals surface area contributed by atoms with Crippen LogP contribution in [0.15, 0.2) is 12.1 Å². The van der Waals surface area contributed by atoms with Gasteiger partial charge in [0.05, 0.1) is 24.3 Å². The van der Waals surface area contributed by atoms with Crippen LogP contribution in [-0.4, -0.2) is 19.8 Å². The molecular formula is C11H13ClFNO. The summed E-state index contributed by atoms with van der Waals surface area (Å²) >= 11 is 6.10. The molecule has 1 N–H and O–H groups in total. The first kappa shape index (κ1) is 10.9. The Kier molecular flexibility index (Phi) is 3.24. The van der Waals surface area contributed by atoms with Crippen molar-refractivity contribution in [1.82, 2.24) is 5.32 Å². The smallest absolute Gasteiger partial charge is 0.129 e. The van der Waals surface area contributed by atoms with E-state index in [1.165, 1.54) is 6.07 Å². The molecule has 2 rings (SSSR count). The van der Waals surface area contributed by atoms with E-state index in [0.717, 1.165) is 12.1 Å². The van der Waals surface area contributed by atoms with Gasteiger partial charge in [0.2, 0.25) is 0 Å². The molecule has 1 aromatic carbocycles. The maximum Gasteiger partial charge on any atom is 0.129 e. The minimum Gasteiger partial charge on any atom is -0.378 e. The number of benzene rings is 1. The van der Waals surface area contributed by atoms with Crippen molar-refractivity contribution in [3.05, 3.63) is 34.1 Å². The lowest BCUT2D eigenvalue weighted by Gasteiger charge is -2.25. The van der Waals surface area contributed by atoms with Crippen molar-refractivity contribution in [2.24, 2.45) is 0 Å². The average Bonchev–Trinajstić information content (AvgIpc) is 2.26. The summed E-state index contributed by atoms with van der Waals surface area (Å²) in [5, 5.41) is 3.69. The lowest BCUT2D eigenvalue weighted by molar-refractivity contribution is 0.0758. The molecule has 1 aromatic rings. The second-order valence-corrected chi connectivity index (χ2v) is 4.05. The Hall–Kier alpha value is -0.640. The molecule has 4 heteroatoms. The first-order valence-electron chi connectivity index (χ1n) is 4.96. The molecule has 0 unspecified atom stereocenters. The minimum atomic E-state index is -0.270. The van der Waals surface area contributed by atoms with Crippen LogP contribution in [0.2, 0.25) is 5.02 Å². The largest absolute Gasteiger partial charge is 0.378 e. The molecule has 0 amide bonds. The molecule has 1 aliphatic heterocycles. The predicted molar refractivity (Wildman–Crippen MR) is 57.7 cm³/mol. The topological polar surface area (TPSA) is 21.3 Å². The summed E-state index contributed by atoms with van der Waals surface area (Å²) in [5.74, 6) is -0.270. The fourth-order valence-electron chi connectivity index (χ4n) is 1.75. The number of hydrogen-bond donors (Lipinski definition) is 1. The van der Waals surface area contributed by atoms with E-state index >= 15 is 0 Å². The van der Waals surface area contributed by atoms with E-state index in [2.05, 4.69) is 5.32 Å². The third-order valence-corrected chi connectivity index (χ3v) is 3.09. The summed E-state index contributed by atoms with van der Waals surface area (Å²) in [6.45, 7) is 3.74. The molecule has 15 heavy (non-hydrogen) atoms. The second-order valence-electron chi connectivity index (χ2n) is 3.67. The number of nitrogens with one attached hydrogen (secondary N) is 1. The molecule has 0 saturated carbocycles. The average molecular weight is 230 g/mol. The summed E-state index contributed by atoms with van der Waals surface area (Å²) in [6, 6.07) is 3.00. The van der Waals surface area contributed by atoms with Gasteiger partial charge in [-0.2, -0.15) is 0 Å². The van der Waals surface area contributed by atoms with Gasteiger partial charge in [0, 0.05) is 12.1 Å². The monoisotopic (exact) mass is 229 g/mol. The first-order chi connectivity index (χ1) is 7.20. The molecule has 1 atom stereocenters. The van der Waals surface area contributed by atoms with Crippen LogP contribution in [0.5, 0.6) is 0 Å². The number of hydrogen-bond acceptors (Lipinski definition) is 2. The van der Waals surface area contributed by atoms with Crippen LogP contribution < -0.4 is 5.32 Å². The van der Waals surface area contributed by atoms with Gasteiger partial charge < -0.3 is 10.1 Å². The minimum absolute atomic E-state index is 0.133. The second kappa shape index (κ2) is 4.47. The quantitative estimate of drug-likeness (QED) is 0.799. The zero-order chi connectivity index (χ0) is 10.8. The Balaban J connectivity index is 2.36. The molecule has 0 aliphatic carbocycles. The number of ether oxygens (including phenoxy) is 1. The zero-order valence-corrected chi connectivity index (χ0v) is 9.27. The highest BCUT2D eigenvalue weighted by atomic mass is 35.5. The highest BCUT2D eigenvalue weighted by Gasteiger charge is 2.22. The van der Waals surface area contributed by atoms with E-state index in [-0.39, 0.29) is 11.9 Å². The highest BCUT2D eigenvalue weighted by molar-refractivity contribution is 6.32. The van der Waals surface area contributed by atoms with Gasteiger partial charge in [-0.05, 0) is 18.6 Å². The van der Waals surface area contributed by atoms with Crippen LogP contribution in [0.25, 0.3) is 0 Å². The molecule has 0 bridgehead atoms. The Bertz CT molecular complexity index is 364. The number of rotatable bonds is 1. The standard InChI is InChI=1S/C11H13ClFNO/c1-7-2-3-8(13)10(11(7)12)9-6-15-5-4-14-9/h2-3,9,14H,4-6H2,1H3/t9-/m1/s1. The van der Waals surface area contributed by atoms with Crippen LogP contribution in [0.1, 0.15) is 17.2 Å². The van der Waals surface area contributed by atoms with Gasteiger partial charge >= 0.3 is 0 Å². The molecule has 1 fully saturated rings. The zero-order valence-electron chi connectivity index (χ0n) is 8.52. The van der Waals surface area contributed by atoms with Crippen molar-refractivity contribution >= 4 is 11.6 Å². The fraction of sp³-hybridized carbons (Fsp3) is 0.455. The molecule has 0 aromatic heterocycles. The van der Waals surface area contributed by atoms with Crippen molar-refractivity contribution in [3.8, 4) is 0 Å². The van der Waals surface area contributed by atoms with E-state index in [9.17, 15) is 4.39 Å². The van der Waals surface area contributed by atoms with Crippen LogP contribution in [0.4, 0.5) is 4.39 Å². The van der Waals surface area contributed by atoms with Gasteiger partial charge in [0.15, 0.2) is 0 Å². The van der Waals surface area contributed by atoms with E-state index in [1.54, 1.807) is 6.07 Å². The molecule has 1 aliphatic rings. The molecule has 1 heterocycles. The molecule has 2 nitrogen and oxygen atoms in total. The van der Waals surface area contributed by atoms with Gasteiger partial charge in [0.1, 0.15) is 5.82 Å². The van der Waals surface area contributed by atoms with Crippen LogP contribution >= 0.6 is 11.6 Å². The van der Waals surface area contributed by atoms with Crippen molar-refractivity contribution in [2.75, 3.05) is 19.8 Å². The Morgan fingerprint density at radius 3 is 3.00 bits per heavy atom. The van der Waals surface area contributed by atoms with Crippen LogP contribution in [0, 0.1) is 12.7 Å². The van der Waals surface area contributed by atoms with E-state index in [0.29, 0.717) is 23.8 Å². The van der Waals surface area contributed by atoms with Gasteiger partial charge in [-0.1, -0.05) is 17.7 Å². The van der Waals surface area contributed by atoms with Crippen LogP contribution in [-0.2, 0) is 4.74 Å². The molecule has 82 valence electrons. The normalized spacial score (nSPS) is 21.7. The maximum absolute atomic E-state index is 13.6. The van der Waals surface area contributed by atoms with Gasteiger partial charge in [0.25, 0.3) is 0 Å². The Labute approximate surface area is 93.4 Å². The summed E-state index contributed by atoms with van der Waals surface area (Å²) in [5.41, 5.74) is 1.41. The summed E-state index contributed by atoms with van der Waals surface area (Å²) in [4.78, 5) is 0. The van der Waals surface area contributed by atoms with E-state index in [4.69, 9.17) is 16.3 Å².